The molecule has 0 spiro atoms. The second-order valence-corrected chi connectivity index (χ2v) is 5.19. The van der Waals surface area contributed by atoms with Crippen LogP contribution in [-0.2, 0) is 19.5 Å². The molecule has 7 nitrogen and oxygen atoms in total. The van der Waals surface area contributed by atoms with Crippen LogP contribution in [-0.4, -0.2) is 63.0 Å². The van der Waals surface area contributed by atoms with Crippen molar-refractivity contribution in [2.45, 2.75) is 25.7 Å². The minimum Gasteiger partial charge on any atom is -0.465 e. The zero-order valence-corrected chi connectivity index (χ0v) is 11.0. The predicted octanol–water partition coefficient (Wildman–Crippen LogP) is 0.343. The third-order valence-corrected chi connectivity index (χ3v) is 3.76. The van der Waals surface area contributed by atoms with E-state index in [9.17, 15) is 14.0 Å². The van der Waals surface area contributed by atoms with Gasteiger partial charge in [-0.05, 0) is 0 Å². The number of amides is 2. The molecule has 0 aromatic carbocycles. The van der Waals surface area contributed by atoms with E-state index in [2.05, 4.69) is 5.10 Å². The Balaban J connectivity index is 2.05. The van der Waals surface area contributed by atoms with Gasteiger partial charge in [-0.1, -0.05) is 0 Å². The van der Waals surface area contributed by atoms with Gasteiger partial charge in [0.2, 0.25) is 0 Å². The summed E-state index contributed by atoms with van der Waals surface area (Å²) in [5.74, 6) is -0.300. The van der Waals surface area contributed by atoms with Gasteiger partial charge in [-0.3, -0.25) is 9.48 Å². The van der Waals surface area contributed by atoms with E-state index in [-0.39, 0.29) is 25.5 Å². The Morgan fingerprint density at radius 3 is 2.90 bits per heavy atom. The van der Waals surface area contributed by atoms with Gasteiger partial charge in [0.05, 0.1) is 25.3 Å². The summed E-state index contributed by atoms with van der Waals surface area (Å²) in [4.78, 5) is 26.0. The van der Waals surface area contributed by atoms with Crippen molar-refractivity contribution in [2.75, 3.05) is 20.1 Å². The second kappa shape index (κ2) is 4.46. The number of hydrogen-bond acceptors (Lipinski definition) is 3. The summed E-state index contributed by atoms with van der Waals surface area (Å²) in [6.07, 6.45) is -1.73. The largest absolute Gasteiger partial charge is 0.465 e. The summed E-state index contributed by atoms with van der Waals surface area (Å²) < 4.78 is 15.2. The molecule has 1 atom stereocenters. The quantitative estimate of drug-likeness (QED) is 0.744. The number of alkyl halides is 1. The van der Waals surface area contributed by atoms with Gasteiger partial charge in [-0.2, -0.15) is 5.10 Å². The number of nitrogens with zero attached hydrogens (tertiary/aromatic N) is 4. The van der Waals surface area contributed by atoms with E-state index in [0.29, 0.717) is 29.9 Å². The lowest BCUT2D eigenvalue weighted by Gasteiger charge is -2.24. The Bertz CT molecular complexity index is 586. The van der Waals surface area contributed by atoms with Gasteiger partial charge in [0.1, 0.15) is 11.9 Å². The lowest BCUT2D eigenvalue weighted by molar-refractivity contribution is 0.0765. The number of rotatable bonds is 0. The maximum Gasteiger partial charge on any atom is 0.407 e. The van der Waals surface area contributed by atoms with E-state index in [1.807, 2.05) is 0 Å². The van der Waals surface area contributed by atoms with Gasteiger partial charge in [0.25, 0.3) is 5.91 Å². The van der Waals surface area contributed by atoms with Crippen molar-refractivity contribution >= 4 is 12.0 Å². The fourth-order valence-corrected chi connectivity index (χ4v) is 2.77. The molecular formula is C12H15FN4O3. The highest BCUT2D eigenvalue weighted by Gasteiger charge is 2.34. The van der Waals surface area contributed by atoms with Crippen molar-refractivity contribution in [3.05, 3.63) is 17.0 Å². The summed E-state index contributed by atoms with van der Waals surface area (Å²) in [5.41, 5.74) is 1.64. The number of hydrogen-bond donors (Lipinski definition) is 1. The van der Waals surface area contributed by atoms with Gasteiger partial charge in [-0.25, -0.2) is 9.18 Å². The highest BCUT2D eigenvalue weighted by Crippen LogP contribution is 2.25. The van der Waals surface area contributed by atoms with Crippen molar-refractivity contribution in [2.24, 2.45) is 0 Å². The molecule has 108 valence electrons. The Labute approximate surface area is 114 Å². The number of carbonyl (C=O) groups is 2. The maximum absolute atomic E-state index is 13.8. The van der Waals surface area contributed by atoms with Crippen LogP contribution >= 0.6 is 0 Å². The van der Waals surface area contributed by atoms with Crippen LogP contribution in [0.1, 0.15) is 21.7 Å². The van der Waals surface area contributed by atoms with Crippen molar-refractivity contribution in [3.8, 4) is 0 Å². The summed E-state index contributed by atoms with van der Waals surface area (Å²) in [6.45, 7) is 0.545. The molecule has 1 aromatic rings. The smallest absolute Gasteiger partial charge is 0.407 e. The maximum atomic E-state index is 13.8. The number of carboxylic acid groups (broad SMARTS) is 1. The van der Waals surface area contributed by atoms with E-state index in [1.165, 1.54) is 14.5 Å². The van der Waals surface area contributed by atoms with Crippen LogP contribution in [0.3, 0.4) is 0 Å². The van der Waals surface area contributed by atoms with Crippen LogP contribution in [0.15, 0.2) is 0 Å². The van der Waals surface area contributed by atoms with Crippen LogP contribution in [0.25, 0.3) is 0 Å². The fourth-order valence-electron chi connectivity index (χ4n) is 2.77. The Morgan fingerprint density at radius 1 is 1.45 bits per heavy atom. The van der Waals surface area contributed by atoms with Gasteiger partial charge in [0, 0.05) is 25.6 Å². The first-order valence-electron chi connectivity index (χ1n) is 6.43. The first-order valence-corrected chi connectivity index (χ1v) is 6.43. The van der Waals surface area contributed by atoms with Crippen molar-refractivity contribution in [1.29, 1.82) is 0 Å². The molecule has 0 bridgehead atoms. The monoisotopic (exact) mass is 282 g/mol. The third-order valence-electron chi connectivity index (χ3n) is 3.76. The Kier molecular flexibility index (Phi) is 2.88. The molecule has 0 radical (unpaired) electrons. The first-order chi connectivity index (χ1) is 9.47. The summed E-state index contributed by atoms with van der Waals surface area (Å²) in [7, 11) is 1.54. The zero-order valence-electron chi connectivity index (χ0n) is 11.0. The molecule has 0 aliphatic carbocycles. The zero-order chi connectivity index (χ0) is 14.4. The fraction of sp³-hybridized carbons (Fsp3) is 0.583. The minimum absolute atomic E-state index is 0.0274. The molecule has 0 fully saturated rings. The van der Waals surface area contributed by atoms with Crippen molar-refractivity contribution in [3.63, 3.8) is 0 Å². The Morgan fingerprint density at radius 2 is 2.20 bits per heavy atom. The molecule has 1 N–H and O–H groups in total. The van der Waals surface area contributed by atoms with Crippen LogP contribution < -0.4 is 0 Å². The molecule has 2 aliphatic rings. The number of aromatic nitrogens is 2. The molecule has 0 saturated heterocycles. The van der Waals surface area contributed by atoms with E-state index in [1.54, 1.807) is 7.05 Å². The highest BCUT2D eigenvalue weighted by atomic mass is 19.1. The van der Waals surface area contributed by atoms with Gasteiger partial charge in [0.15, 0.2) is 0 Å². The van der Waals surface area contributed by atoms with Crippen LogP contribution in [0.4, 0.5) is 9.18 Å². The molecule has 3 rings (SSSR count). The standard InChI is InChI=1S/C12H15FN4O3/c1-15-4-7(13)5-17-10(11(15)18)8-6-16(12(19)20)3-2-9(8)14-17/h7H,2-6H2,1H3,(H,19,20)/t7-/m0/s1. The number of fused-ring (bicyclic) bond motifs is 3. The van der Waals surface area contributed by atoms with E-state index < -0.39 is 12.3 Å². The SMILES string of the molecule is CN1C[C@H](F)Cn2nc3c(c2C1=O)CN(C(=O)O)CC3. The molecular weight excluding hydrogens is 267 g/mol. The van der Waals surface area contributed by atoms with Crippen LogP contribution in [0.2, 0.25) is 0 Å². The summed E-state index contributed by atoms with van der Waals surface area (Å²) in [6, 6.07) is 0. The van der Waals surface area contributed by atoms with E-state index >= 15 is 0 Å². The second-order valence-electron chi connectivity index (χ2n) is 5.19. The summed E-state index contributed by atoms with van der Waals surface area (Å²) in [5, 5.41) is 13.4. The summed E-state index contributed by atoms with van der Waals surface area (Å²) >= 11 is 0. The normalized spacial score (nSPS) is 22.3. The van der Waals surface area contributed by atoms with Gasteiger partial charge in [-0.15, -0.1) is 0 Å². The molecule has 2 aliphatic heterocycles. The average molecular weight is 282 g/mol. The molecule has 1 aromatic heterocycles. The van der Waals surface area contributed by atoms with Crippen molar-refractivity contribution in [1.82, 2.24) is 19.6 Å². The number of halogens is 1. The number of carbonyl (C=O) groups excluding carboxylic acids is 1. The van der Waals surface area contributed by atoms with E-state index in [4.69, 9.17) is 5.11 Å². The lowest BCUT2D eigenvalue weighted by atomic mass is 10.1. The topological polar surface area (TPSA) is 78.7 Å². The minimum atomic E-state index is -1.16. The van der Waals surface area contributed by atoms with Crippen molar-refractivity contribution < 1.29 is 19.1 Å². The van der Waals surface area contributed by atoms with Gasteiger partial charge < -0.3 is 14.9 Å². The van der Waals surface area contributed by atoms with Gasteiger partial charge >= 0.3 is 6.09 Å². The first kappa shape index (κ1) is 12.9. The molecule has 8 heteroatoms. The predicted molar refractivity (Wildman–Crippen MR) is 66.2 cm³/mol. The third kappa shape index (κ3) is 1.91. The highest BCUT2D eigenvalue weighted by molar-refractivity contribution is 5.94. The molecule has 0 saturated carbocycles. The molecule has 3 heterocycles. The lowest BCUT2D eigenvalue weighted by Crippen LogP contribution is -2.36. The molecule has 20 heavy (non-hydrogen) atoms. The average Bonchev–Trinajstić information content (AvgIpc) is 2.68. The van der Waals surface area contributed by atoms with Crippen LogP contribution in [0, 0.1) is 0 Å². The van der Waals surface area contributed by atoms with E-state index in [0.717, 1.165) is 0 Å². The molecule has 0 unspecified atom stereocenters. The molecule has 2 amide bonds. The van der Waals surface area contributed by atoms with Crippen LogP contribution in [0.5, 0.6) is 0 Å². The Hall–Kier alpha value is -2.12.